The molecule has 1 nitrogen and oxygen atoms in total. The van der Waals surface area contributed by atoms with Gasteiger partial charge >= 0.3 is 0 Å². The average Bonchev–Trinajstić information content (AvgIpc) is 3.03. The molecule has 1 fully saturated rings. The summed E-state index contributed by atoms with van der Waals surface area (Å²) in [4.78, 5) is 0.224. The van der Waals surface area contributed by atoms with Crippen LogP contribution in [0.1, 0.15) is 12.0 Å². The van der Waals surface area contributed by atoms with Crippen LogP contribution >= 0.6 is 39.1 Å². The summed E-state index contributed by atoms with van der Waals surface area (Å²) in [5, 5.41) is 1.44. The highest BCUT2D eigenvalue weighted by atomic mass is 79.9. The van der Waals surface area contributed by atoms with E-state index in [2.05, 4.69) is 22.0 Å². The number of hydrogen-bond acceptors (Lipinski definition) is 1. The van der Waals surface area contributed by atoms with Gasteiger partial charge in [0.15, 0.2) is 0 Å². The summed E-state index contributed by atoms with van der Waals surface area (Å²) < 4.78 is 5.54. The van der Waals surface area contributed by atoms with Gasteiger partial charge in [0, 0.05) is 10.0 Å². The molecule has 1 heterocycles. The monoisotopic (exact) mass is 318 g/mol. The van der Waals surface area contributed by atoms with Gasteiger partial charge in [-0.2, -0.15) is 0 Å². The second-order valence-corrected chi connectivity index (χ2v) is 5.89. The van der Waals surface area contributed by atoms with Crippen molar-refractivity contribution >= 4 is 44.7 Å². The fraction of sp³-hybridized carbons (Fsp3) is 0.333. The molecule has 0 saturated carbocycles. The number of ether oxygens (including phenoxy) is 1. The molecule has 2 aliphatic rings. The first-order valence-corrected chi connectivity index (χ1v) is 6.79. The van der Waals surface area contributed by atoms with Crippen LogP contribution in [-0.2, 0) is 4.74 Å². The summed E-state index contributed by atoms with van der Waals surface area (Å²) in [5.74, 6) is 0. The molecule has 16 heavy (non-hydrogen) atoms. The third-order valence-corrected chi connectivity index (χ3v) is 4.60. The smallest absolute Gasteiger partial charge is 0.101 e. The van der Waals surface area contributed by atoms with Gasteiger partial charge in [-0.05, 0) is 35.8 Å². The van der Waals surface area contributed by atoms with E-state index < -0.39 is 0 Å². The summed E-state index contributed by atoms with van der Waals surface area (Å²) in [6, 6.07) is 5.54. The Kier molecular flexibility index (Phi) is 2.79. The zero-order valence-electron chi connectivity index (χ0n) is 8.29. The van der Waals surface area contributed by atoms with Crippen molar-refractivity contribution in [1.29, 1.82) is 0 Å². The molecule has 0 N–H and O–H groups in total. The number of fused-ring (bicyclic) bond motifs is 1. The molecule has 1 aliphatic heterocycles. The maximum absolute atomic E-state index is 6.20. The van der Waals surface area contributed by atoms with Crippen LogP contribution in [-0.4, -0.2) is 17.0 Å². The van der Waals surface area contributed by atoms with Crippen molar-refractivity contribution in [3.05, 3.63) is 39.9 Å². The van der Waals surface area contributed by atoms with E-state index >= 15 is 0 Å². The molecular formula is C12H9BrCl2O. The largest absolute Gasteiger partial charge is 0.368 e. The fourth-order valence-electron chi connectivity index (χ4n) is 2.11. The Morgan fingerprint density at radius 1 is 1.31 bits per heavy atom. The number of halogens is 3. The average molecular weight is 320 g/mol. The van der Waals surface area contributed by atoms with Gasteiger partial charge in [-0.3, -0.25) is 0 Å². The Morgan fingerprint density at radius 3 is 2.94 bits per heavy atom. The molecule has 0 spiro atoms. The first-order chi connectivity index (χ1) is 7.66. The van der Waals surface area contributed by atoms with Gasteiger partial charge < -0.3 is 4.74 Å². The molecular weight excluding hydrogens is 311 g/mol. The molecule has 84 valence electrons. The maximum Gasteiger partial charge on any atom is 0.101 e. The predicted molar refractivity (Wildman–Crippen MR) is 70.4 cm³/mol. The van der Waals surface area contributed by atoms with Crippen molar-refractivity contribution in [2.24, 2.45) is 0 Å². The van der Waals surface area contributed by atoms with Crippen LogP contribution in [0.4, 0.5) is 0 Å². The minimum absolute atomic E-state index is 0.224. The van der Waals surface area contributed by atoms with Crippen LogP contribution in [0.5, 0.6) is 0 Å². The number of alkyl halides is 1. The lowest BCUT2D eigenvalue weighted by atomic mass is 9.93. The van der Waals surface area contributed by atoms with E-state index in [9.17, 15) is 0 Å². The van der Waals surface area contributed by atoms with Crippen molar-refractivity contribution in [2.75, 3.05) is 0 Å². The molecule has 0 aromatic heterocycles. The van der Waals surface area contributed by atoms with E-state index in [0.717, 1.165) is 17.0 Å². The highest BCUT2D eigenvalue weighted by molar-refractivity contribution is 9.09. The van der Waals surface area contributed by atoms with Crippen molar-refractivity contribution in [3.8, 4) is 0 Å². The Hall–Kier alpha value is -0.0200. The molecule has 1 aromatic rings. The van der Waals surface area contributed by atoms with Gasteiger partial charge in [-0.25, -0.2) is 0 Å². The summed E-state index contributed by atoms with van der Waals surface area (Å²) in [5.41, 5.74) is 2.19. The Morgan fingerprint density at radius 2 is 2.12 bits per heavy atom. The van der Waals surface area contributed by atoms with Crippen molar-refractivity contribution < 1.29 is 4.74 Å². The molecule has 0 radical (unpaired) electrons. The van der Waals surface area contributed by atoms with E-state index in [4.69, 9.17) is 27.9 Å². The van der Waals surface area contributed by atoms with Crippen LogP contribution in [0.2, 0.25) is 10.0 Å². The lowest BCUT2D eigenvalue weighted by Gasteiger charge is -2.17. The Balaban J connectivity index is 2.02. The number of hydrogen-bond donors (Lipinski definition) is 0. The second kappa shape index (κ2) is 4.02. The molecule has 1 aromatic carbocycles. The zero-order valence-corrected chi connectivity index (χ0v) is 11.4. The molecule has 3 unspecified atom stereocenters. The van der Waals surface area contributed by atoms with Crippen LogP contribution in [0.15, 0.2) is 24.3 Å². The Bertz CT molecular complexity index is 472. The van der Waals surface area contributed by atoms with Crippen LogP contribution in [0, 0.1) is 0 Å². The first kappa shape index (κ1) is 11.1. The highest BCUT2D eigenvalue weighted by Gasteiger charge is 2.47. The molecule has 1 aliphatic carbocycles. The van der Waals surface area contributed by atoms with Gasteiger partial charge in [-0.15, -0.1) is 0 Å². The predicted octanol–water partition coefficient (Wildman–Crippen LogP) is 4.31. The van der Waals surface area contributed by atoms with Crippen LogP contribution in [0.3, 0.4) is 0 Å². The molecule has 1 saturated heterocycles. The van der Waals surface area contributed by atoms with Gasteiger partial charge in [0.25, 0.3) is 0 Å². The number of rotatable bonds is 1. The van der Waals surface area contributed by atoms with E-state index in [-0.39, 0.29) is 4.83 Å². The van der Waals surface area contributed by atoms with E-state index in [0.29, 0.717) is 17.2 Å². The zero-order chi connectivity index (χ0) is 11.3. The molecule has 3 atom stereocenters. The Labute approximate surface area is 113 Å². The second-order valence-electron chi connectivity index (χ2n) is 4.06. The van der Waals surface area contributed by atoms with Crippen LogP contribution in [0.25, 0.3) is 5.57 Å². The van der Waals surface area contributed by atoms with Crippen molar-refractivity contribution in [2.45, 2.75) is 23.5 Å². The topological polar surface area (TPSA) is 12.5 Å². The summed E-state index contributed by atoms with van der Waals surface area (Å²) in [6.07, 6.45) is 3.84. The molecule has 3 rings (SSSR count). The SMILES string of the molecule is Clc1ccc(Cl)c(C2=CCC3OC3C2Br)c1. The lowest BCUT2D eigenvalue weighted by Crippen LogP contribution is -2.16. The lowest BCUT2D eigenvalue weighted by molar-refractivity contribution is 0.379. The van der Waals surface area contributed by atoms with Gasteiger partial charge in [0.2, 0.25) is 0 Å². The van der Waals surface area contributed by atoms with Gasteiger partial charge in [-0.1, -0.05) is 45.2 Å². The molecule has 0 bridgehead atoms. The van der Waals surface area contributed by atoms with E-state index in [1.165, 1.54) is 5.57 Å². The third-order valence-electron chi connectivity index (χ3n) is 3.02. The minimum Gasteiger partial charge on any atom is -0.368 e. The number of benzene rings is 1. The standard InChI is InChI=1S/C12H9BrCl2O/c13-11-7(2-4-10-12(11)16-10)8-5-6(14)1-3-9(8)15/h1-3,5,10-12H,4H2. The minimum atomic E-state index is 0.224. The third kappa shape index (κ3) is 1.82. The number of epoxide rings is 1. The summed E-state index contributed by atoms with van der Waals surface area (Å²) in [7, 11) is 0. The molecule has 0 amide bonds. The fourth-order valence-corrected chi connectivity index (χ4v) is 3.41. The first-order valence-electron chi connectivity index (χ1n) is 5.12. The summed E-state index contributed by atoms with van der Waals surface area (Å²) in [6.45, 7) is 0. The molecule has 4 heteroatoms. The maximum atomic E-state index is 6.20. The highest BCUT2D eigenvalue weighted by Crippen LogP contribution is 2.45. The van der Waals surface area contributed by atoms with E-state index in [1.54, 1.807) is 6.07 Å². The normalized spacial score (nSPS) is 31.9. The van der Waals surface area contributed by atoms with Gasteiger partial charge in [0.1, 0.15) is 6.10 Å². The van der Waals surface area contributed by atoms with Crippen molar-refractivity contribution in [1.82, 2.24) is 0 Å². The van der Waals surface area contributed by atoms with E-state index in [1.807, 2.05) is 12.1 Å². The van der Waals surface area contributed by atoms with Crippen molar-refractivity contribution in [3.63, 3.8) is 0 Å². The summed E-state index contributed by atoms with van der Waals surface area (Å²) >= 11 is 15.9. The van der Waals surface area contributed by atoms with Gasteiger partial charge in [0.05, 0.1) is 10.9 Å². The van der Waals surface area contributed by atoms with Crippen LogP contribution < -0.4 is 0 Å². The quantitative estimate of drug-likeness (QED) is 0.555.